The molecule has 0 saturated carbocycles. The van der Waals surface area contributed by atoms with Gasteiger partial charge in [-0.05, 0) is 45.0 Å². The monoisotopic (exact) mass is 377 g/mol. The van der Waals surface area contributed by atoms with Crippen molar-refractivity contribution in [1.29, 1.82) is 0 Å². The van der Waals surface area contributed by atoms with Crippen molar-refractivity contribution in [2.24, 2.45) is 0 Å². The summed E-state index contributed by atoms with van der Waals surface area (Å²) in [6.45, 7) is 5.23. The van der Waals surface area contributed by atoms with Crippen molar-refractivity contribution < 1.29 is 22.1 Å². The fraction of sp³-hybridized carbons (Fsp3) is 0.294. The highest BCUT2D eigenvalue weighted by Crippen LogP contribution is 2.30. The van der Waals surface area contributed by atoms with Gasteiger partial charge in [0.1, 0.15) is 5.75 Å². The zero-order valence-electron chi connectivity index (χ0n) is 14.8. The van der Waals surface area contributed by atoms with E-state index in [1.807, 2.05) is 12.1 Å². The van der Waals surface area contributed by atoms with Crippen LogP contribution in [0.25, 0.3) is 23.0 Å². The first kappa shape index (κ1) is 18.2. The van der Waals surface area contributed by atoms with E-state index in [4.69, 9.17) is 13.7 Å². The number of hydrogen-bond donors (Lipinski definition) is 1. The highest BCUT2D eigenvalue weighted by molar-refractivity contribution is 7.89. The van der Waals surface area contributed by atoms with Gasteiger partial charge in [0, 0.05) is 5.54 Å². The predicted molar refractivity (Wildman–Crippen MR) is 94.1 cm³/mol. The van der Waals surface area contributed by atoms with Crippen LogP contribution >= 0.6 is 0 Å². The summed E-state index contributed by atoms with van der Waals surface area (Å²) in [6, 6.07) is 10.0. The molecule has 0 spiro atoms. The first-order chi connectivity index (χ1) is 12.2. The van der Waals surface area contributed by atoms with Crippen LogP contribution in [0.4, 0.5) is 0 Å². The third kappa shape index (κ3) is 3.78. The molecule has 0 bridgehead atoms. The maximum Gasteiger partial charge on any atom is 0.294 e. The summed E-state index contributed by atoms with van der Waals surface area (Å²) in [7, 11) is -2.24. The quantitative estimate of drug-likeness (QED) is 0.728. The Morgan fingerprint density at radius 3 is 2.54 bits per heavy atom. The SMILES string of the molecule is COc1ccccc1-c1noc(-c2ccc(S(=O)(=O)NC(C)(C)C)o2)n1. The first-order valence-corrected chi connectivity index (χ1v) is 9.29. The minimum atomic E-state index is -3.79. The third-order valence-electron chi connectivity index (χ3n) is 3.27. The Hall–Kier alpha value is -2.65. The van der Waals surface area contributed by atoms with Gasteiger partial charge in [0.2, 0.25) is 10.9 Å². The number of sulfonamides is 1. The Kier molecular flexibility index (Phi) is 4.59. The summed E-state index contributed by atoms with van der Waals surface area (Å²) in [5, 5.41) is 3.69. The molecule has 3 rings (SSSR count). The van der Waals surface area contributed by atoms with E-state index in [0.717, 1.165) is 0 Å². The Morgan fingerprint density at radius 2 is 1.85 bits per heavy atom. The molecule has 0 unspecified atom stereocenters. The van der Waals surface area contributed by atoms with Gasteiger partial charge in [0.15, 0.2) is 5.76 Å². The molecule has 9 heteroatoms. The Morgan fingerprint density at radius 1 is 1.12 bits per heavy atom. The highest BCUT2D eigenvalue weighted by atomic mass is 32.2. The molecule has 2 aromatic heterocycles. The van der Waals surface area contributed by atoms with E-state index < -0.39 is 15.6 Å². The van der Waals surface area contributed by atoms with Crippen LogP contribution in [0.15, 0.2) is 50.4 Å². The zero-order valence-corrected chi connectivity index (χ0v) is 15.6. The van der Waals surface area contributed by atoms with Crippen LogP contribution in [0.2, 0.25) is 0 Å². The number of hydrogen-bond acceptors (Lipinski definition) is 7. The van der Waals surface area contributed by atoms with Crippen LogP contribution < -0.4 is 9.46 Å². The van der Waals surface area contributed by atoms with Gasteiger partial charge in [-0.2, -0.15) is 4.98 Å². The Labute approximate surface area is 151 Å². The number of aromatic nitrogens is 2. The fourth-order valence-electron chi connectivity index (χ4n) is 2.30. The molecule has 3 aromatic rings. The van der Waals surface area contributed by atoms with Gasteiger partial charge in [-0.15, -0.1) is 0 Å². The van der Waals surface area contributed by atoms with Gasteiger partial charge < -0.3 is 13.7 Å². The van der Waals surface area contributed by atoms with E-state index in [1.165, 1.54) is 12.1 Å². The average molecular weight is 377 g/mol. The molecule has 138 valence electrons. The number of methoxy groups -OCH3 is 1. The van der Waals surface area contributed by atoms with Crippen molar-refractivity contribution in [3.8, 4) is 28.8 Å². The summed E-state index contributed by atoms with van der Waals surface area (Å²) in [6.07, 6.45) is 0. The lowest BCUT2D eigenvalue weighted by molar-refractivity contribution is 0.394. The number of ether oxygens (including phenoxy) is 1. The number of nitrogens with one attached hydrogen (secondary N) is 1. The Balaban J connectivity index is 1.91. The lowest BCUT2D eigenvalue weighted by Gasteiger charge is -2.18. The lowest BCUT2D eigenvalue weighted by atomic mass is 10.1. The fourth-order valence-corrected chi connectivity index (χ4v) is 3.65. The first-order valence-electron chi connectivity index (χ1n) is 7.81. The number of rotatable bonds is 5. The lowest BCUT2D eigenvalue weighted by Crippen LogP contribution is -2.40. The zero-order chi connectivity index (χ0) is 18.9. The molecule has 0 saturated heterocycles. The van der Waals surface area contributed by atoms with Crippen molar-refractivity contribution in [1.82, 2.24) is 14.9 Å². The minimum absolute atomic E-state index is 0.0723. The predicted octanol–water partition coefficient (Wildman–Crippen LogP) is 3.08. The molecule has 0 amide bonds. The molecule has 0 atom stereocenters. The van der Waals surface area contributed by atoms with E-state index in [1.54, 1.807) is 40.0 Å². The van der Waals surface area contributed by atoms with Gasteiger partial charge in [-0.3, -0.25) is 0 Å². The molecule has 0 aliphatic carbocycles. The second kappa shape index (κ2) is 6.58. The van der Waals surface area contributed by atoms with E-state index >= 15 is 0 Å². The smallest absolute Gasteiger partial charge is 0.294 e. The summed E-state index contributed by atoms with van der Waals surface area (Å²) in [5.74, 6) is 1.14. The van der Waals surface area contributed by atoms with Crippen LogP contribution in [0.3, 0.4) is 0 Å². The molecule has 0 radical (unpaired) electrons. The molecule has 0 fully saturated rings. The summed E-state index contributed by atoms with van der Waals surface area (Å²) >= 11 is 0. The average Bonchev–Trinajstić information content (AvgIpc) is 3.22. The normalized spacial score (nSPS) is 12.3. The van der Waals surface area contributed by atoms with Crippen LogP contribution in [-0.2, 0) is 10.0 Å². The minimum Gasteiger partial charge on any atom is -0.496 e. The number of benzene rings is 1. The molecule has 2 heterocycles. The van der Waals surface area contributed by atoms with Crippen LogP contribution in [0.1, 0.15) is 20.8 Å². The largest absolute Gasteiger partial charge is 0.496 e. The molecule has 1 aromatic carbocycles. The number of nitrogens with zero attached hydrogens (tertiary/aromatic N) is 2. The molecule has 0 aliphatic heterocycles. The second-order valence-corrected chi connectivity index (χ2v) is 8.21. The highest BCUT2D eigenvalue weighted by Gasteiger charge is 2.26. The van der Waals surface area contributed by atoms with Gasteiger partial charge in [0.05, 0.1) is 12.7 Å². The van der Waals surface area contributed by atoms with E-state index in [9.17, 15) is 8.42 Å². The van der Waals surface area contributed by atoms with Crippen LogP contribution in [0, 0.1) is 0 Å². The van der Waals surface area contributed by atoms with Gasteiger partial charge in [-0.1, -0.05) is 17.3 Å². The van der Waals surface area contributed by atoms with Crippen molar-refractivity contribution in [3.63, 3.8) is 0 Å². The van der Waals surface area contributed by atoms with E-state index in [2.05, 4.69) is 14.9 Å². The van der Waals surface area contributed by atoms with Gasteiger partial charge in [-0.25, -0.2) is 13.1 Å². The second-order valence-electron chi connectivity index (χ2n) is 6.60. The van der Waals surface area contributed by atoms with E-state index in [0.29, 0.717) is 17.1 Å². The van der Waals surface area contributed by atoms with Crippen molar-refractivity contribution >= 4 is 10.0 Å². The van der Waals surface area contributed by atoms with E-state index in [-0.39, 0.29) is 16.7 Å². The number of furan rings is 1. The molecular formula is C17H19N3O5S. The third-order valence-corrected chi connectivity index (χ3v) is 4.90. The number of para-hydroxylation sites is 1. The van der Waals surface area contributed by atoms with Crippen LogP contribution in [0.5, 0.6) is 5.75 Å². The van der Waals surface area contributed by atoms with Crippen molar-refractivity contribution in [2.45, 2.75) is 31.4 Å². The molecule has 0 aliphatic rings. The molecule has 26 heavy (non-hydrogen) atoms. The topological polar surface area (TPSA) is 107 Å². The molecule has 1 N–H and O–H groups in total. The maximum absolute atomic E-state index is 12.3. The van der Waals surface area contributed by atoms with Gasteiger partial charge >= 0.3 is 0 Å². The summed E-state index contributed by atoms with van der Waals surface area (Å²) in [5.41, 5.74) is 0.0200. The Bertz CT molecular complexity index is 1010. The standard InChI is InChI=1S/C17H19N3O5S/c1-17(2,3)20-26(21,22)14-10-9-13(24-14)16-18-15(19-25-16)11-7-5-6-8-12(11)23-4/h5-10,20H,1-4H3. The van der Waals surface area contributed by atoms with Gasteiger partial charge in [0.25, 0.3) is 15.9 Å². The maximum atomic E-state index is 12.3. The van der Waals surface area contributed by atoms with Crippen molar-refractivity contribution in [2.75, 3.05) is 7.11 Å². The summed E-state index contributed by atoms with van der Waals surface area (Å²) < 4.78 is 43.0. The summed E-state index contributed by atoms with van der Waals surface area (Å²) in [4.78, 5) is 4.26. The van der Waals surface area contributed by atoms with Crippen molar-refractivity contribution in [3.05, 3.63) is 36.4 Å². The molecule has 8 nitrogen and oxygen atoms in total. The molecular weight excluding hydrogens is 358 g/mol. The van der Waals surface area contributed by atoms with Crippen LogP contribution in [-0.4, -0.2) is 31.2 Å².